The summed E-state index contributed by atoms with van der Waals surface area (Å²) in [5.41, 5.74) is 8.37. The molecule has 3 aromatic heterocycles. The Kier molecular flexibility index (Phi) is 19.9. The third kappa shape index (κ3) is 14.8. The summed E-state index contributed by atoms with van der Waals surface area (Å²) < 4.78 is 42.0. The van der Waals surface area contributed by atoms with Crippen LogP contribution in [0.1, 0.15) is 179 Å². The second kappa shape index (κ2) is 28.8. The van der Waals surface area contributed by atoms with Crippen molar-refractivity contribution < 1.29 is 42.8 Å². The number of carbonyl (C=O) groups is 3. The molecule has 3 N–H and O–H groups in total. The highest BCUT2D eigenvalue weighted by Gasteiger charge is 2.52. The first-order valence-corrected chi connectivity index (χ1v) is 33.6. The van der Waals surface area contributed by atoms with Gasteiger partial charge >= 0.3 is 0 Å². The Morgan fingerprint density at radius 3 is 0.944 bits per heavy atom. The number of fused-ring (bicyclic) bond motifs is 3. The average molecular weight is 1230 g/mol. The molecule has 9 heterocycles. The van der Waals surface area contributed by atoms with Crippen LogP contribution in [0.15, 0.2) is 91.4 Å². The van der Waals surface area contributed by atoms with Crippen molar-refractivity contribution in [2.45, 2.75) is 209 Å². The van der Waals surface area contributed by atoms with Gasteiger partial charge in [0, 0.05) is 35.3 Å². The van der Waals surface area contributed by atoms with Crippen LogP contribution < -0.4 is 16.0 Å². The van der Waals surface area contributed by atoms with Crippen LogP contribution in [-0.2, 0) is 47.7 Å². The molecule has 3 amide bonds. The van der Waals surface area contributed by atoms with Gasteiger partial charge in [-0.15, -0.1) is 15.3 Å². The Hall–Kier alpha value is -6.75. The van der Waals surface area contributed by atoms with Crippen molar-refractivity contribution in [2.24, 2.45) is 17.8 Å². The number of rotatable bonds is 15. The van der Waals surface area contributed by atoms with E-state index in [0.29, 0.717) is 56.3 Å². The molecular formula is C69H90N12O9. The number of aryl methyl sites for hydroxylation is 3. The maximum atomic E-state index is 12.6. The molecule has 90 heavy (non-hydrogen) atoms. The molecule has 21 heteroatoms. The number of hydrogen-bond donors (Lipinski definition) is 3. The summed E-state index contributed by atoms with van der Waals surface area (Å²) in [6.07, 6.45) is 28.3. The average Bonchev–Trinajstić information content (AvgIpc) is 2.07. The normalized spacial score (nSPS) is 29.1. The number of nitrogens with zero attached hydrogens (tertiary/aromatic N) is 9. The van der Waals surface area contributed by atoms with Gasteiger partial charge < -0.3 is 44.4 Å². The molecule has 12 unspecified atom stereocenters. The highest BCUT2D eigenvalue weighted by Crippen LogP contribution is 2.38. The van der Waals surface area contributed by atoms with Gasteiger partial charge in [0.1, 0.15) is 54.7 Å². The van der Waals surface area contributed by atoms with Crippen LogP contribution in [-0.4, -0.2) is 157 Å². The molecule has 21 nitrogen and oxygen atoms in total. The smallest absolute Gasteiger partial charge is 0.251 e. The zero-order valence-corrected chi connectivity index (χ0v) is 52.5. The van der Waals surface area contributed by atoms with E-state index < -0.39 is 0 Å². The minimum Gasteiger partial charge on any atom is -0.371 e. The Morgan fingerprint density at radius 1 is 0.389 bits per heavy atom. The Bertz CT molecular complexity index is 3020. The van der Waals surface area contributed by atoms with E-state index >= 15 is 0 Å². The molecule has 3 saturated carbocycles. The van der Waals surface area contributed by atoms with Crippen molar-refractivity contribution in [1.29, 1.82) is 0 Å². The first kappa shape index (κ1) is 62.1. The van der Waals surface area contributed by atoms with Gasteiger partial charge in [0.15, 0.2) is 0 Å². The maximum Gasteiger partial charge on any atom is 0.251 e. The Balaban J connectivity index is 0.000000124. The van der Waals surface area contributed by atoms with Crippen molar-refractivity contribution in [1.82, 2.24) is 60.9 Å². The van der Waals surface area contributed by atoms with E-state index in [1.165, 1.54) is 96.3 Å². The summed E-state index contributed by atoms with van der Waals surface area (Å²) in [7, 11) is 0. The van der Waals surface area contributed by atoms with Crippen LogP contribution in [0.2, 0.25) is 0 Å². The molecule has 9 fully saturated rings. The molecule has 3 aromatic carbocycles. The summed E-state index contributed by atoms with van der Waals surface area (Å²) in [5, 5.41) is 35.7. The monoisotopic (exact) mass is 1230 g/mol. The maximum absolute atomic E-state index is 12.6. The quantitative estimate of drug-likeness (QED) is 0.0874. The van der Waals surface area contributed by atoms with Crippen molar-refractivity contribution in [3.05, 3.63) is 142 Å². The second-order valence-electron chi connectivity index (χ2n) is 27.0. The predicted molar refractivity (Wildman–Crippen MR) is 334 cm³/mol. The number of carbonyl (C=O) groups excluding carboxylic acids is 3. The van der Waals surface area contributed by atoms with Gasteiger partial charge in [-0.05, 0) is 94.2 Å². The Morgan fingerprint density at radius 2 is 0.667 bits per heavy atom. The molecule has 6 aromatic rings. The summed E-state index contributed by atoms with van der Waals surface area (Å²) in [4.78, 5) is 37.9. The van der Waals surface area contributed by atoms with Gasteiger partial charge in [0.25, 0.3) is 17.7 Å². The van der Waals surface area contributed by atoms with Crippen molar-refractivity contribution >= 4 is 17.7 Å². The van der Waals surface area contributed by atoms with E-state index in [-0.39, 0.29) is 90.6 Å². The van der Waals surface area contributed by atoms with E-state index in [0.717, 1.165) is 70.8 Å². The number of aromatic nitrogens is 9. The van der Waals surface area contributed by atoms with Crippen molar-refractivity contribution in [3.8, 4) is 0 Å². The number of benzene rings is 3. The number of nitrogens with one attached hydrogen (secondary N) is 3. The van der Waals surface area contributed by atoms with Gasteiger partial charge in [-0.25, -0.2) is 14.0 Å². The molecule has 3 aliphatic carbocycles. The number of hydrogen-bond acceptors (Lipinski definition) is 15. The standard InChI is InChI=1S/3C23H30N4O3/c3*1-15-6-5-9-17(10-15)23(28)24-19-13-29-22-20(14-30-21(19)22)27-12-18(25-26-27)11-16-7-3-2-4-8-16/h3*5-6,9-10,12,16,19-22H,2-4,7-8,11,13-14H2,1H3,(H,24,28). The molecule has 6 aliphatic heterocycles. The van der Waals surface area contributed by atoms with Crippen molar-refractivity contribution in [3.63, 3.8) is 0 Å². The lowest BCUT2D eigenvalue weighted by atomic mass is 9.86. The topological polar surface area (TPSA) is 235 Å². The first-order valence-electron chi connectivity index (χ1n) is 33.6. The van der Waals surface area contributed by atoms with Gasteiger partial charge in [-0.3, -0.25) is 14.4 Å². The fourth-order valence-electron chi connectivity index (χ4n) is 15.4. The fourth-order valence-corrected chi connectivity index (χ4v) is 15.4. The molecule has 9 aliphatic rings. The van der Waals surface area contributed by atoms with Crippen LogP contribution in [0.5, 0.6) is 0 Å². The lowest BCUT2D eigenvalue weighted by Gasteiger charge is -2.20. The lowest BCUT2D eigenvalue weighted by Crippen LogP contribution is -2.44. The van der Waals surface area contributed by atoms with Gasteiger partial charge in [0.05, 0.1) is 74.8 Å². The van der Waals surface area contributed by atoms with Crippen LogP contribution in [0.25, 0.3) is 0 Å². The zero-order chi connectivity index (χ0) is 61.5. The van der Waals surface area contributed by atoms with Gasteiger partial charge in [0.2, 0.25) is 0 Å². The minimum absolute atomic E-state index is 0.00322. The van der Waals surface area contributed by atoms with E-state index in [9.17, 15) is 14.4 Å². The molecule has 0 spiro atoms. The predicted octanol–water partition coefficient (Wildman–Crippen LogP) is 8.54. The first-order chi connectivity index (χ1) is 44.0. The van der Waals surface area contributed by atoms with Crippen LogP contribution >= 0.6 is 0 Å². The minimum atomic E-state index is -0.158. The van der Waals surface area contributed by atoms with E-state index in [1.807, 2.05) is 108 Å². The third-order valence-corrected chi connectivity index (χ3v) is 20.2. The van der Waals surface area contributed by atoms with Crippen molar-refractivity contribution in [2.75, 3.05) is 39.6 Å². The summed E-state index contributed by atoms with van der Waals surface area (Å²) in [5.74, 6) is 1.95. The fraction of sp³-hybridized carbons (Fsp3) is 0.609. The molecule has 15 rings (SSSR count). The van der Waals surface area contributed by atoms with E-state index in [2.05, 4.69) is 65.5 Å². The van der Waals surface area contributed by atoms with Crippen LogP contribution in [0.4, 0.5) is 0 Å². The molecule has 6 saturated heterocycles. The highest BCUT2D eigenvalue weighted by atomic mass is 16.6. The molecular weight excluding hydrogens is 1140 g/mol. The SMILES string of the molecule is Cc1cccc(C(=O)NC2COC3C2OCC3n2cc(CC3CCCCC3)nn2)c1.Cc1cccc(C(=O)NC2COC3C2OCC3n2cc(CC3CCCCC3)nn2)c1.Cc1cccc(C(=O)NC2COC3C2OCC3n2cc(CC3CCCCC3)nn2)c1. The molecule has 0 bridgehead atoms. The van der Waals surface area contributed by atoms with Crippen LogP contribution in [0, 0.1) is 38.5 Å². The third-order valence-electron chi connectivity index (χ3n) is 20.2. The van der Waals surface area contributed by atoms with Crippen LogP contribution in [0.3, 0.4) is 0 Å². The molecule has 0 radical (unpaired) electrons. The number of amides is 3. The molecule has 480 valence electrons. The lowest BCUT2D eigenvalue weighted by molar-refractivity contribution is 0.0613. The second-order valence-corrected chi connectivity index (χ2v) is 27.0. The zero-order valence-electron chi connectivity index (χ0n) is 52.5. The largest absolute Gasteiger partial charge is 0.371 e. The number of ether oxygens (including phenoxy) is 6. The molecule has 12 atom stereocenters. The summed E-state index contributed by atoms with van der Waals surface area (Å²) in [6, 6.07) is 22.4. The van der Waals surface area contributed by atoms with E-state index in [1.54, 1.807) is 0 Å². The highest BCUT2D eigenvalue weighted by molar-refractivity contribution is 5.95. The van der Waals surface area contributed by atoms with E-state index in [4.69, 9.17) is 28.4 Å². The Labute approximate surface area is 527 Å². The van der Waals surface area contributed by atoms with Gasteiger partial charge in [-0.1, -0.05) is 165 Å². The summed E-state index contributed by atoms with van der Waals surface area (Å²) in [6.45, 7) is 8.88. The summed E-state index contributed by atoms with van der Waals surface area (Å²) >= 11 is 0. The van der Waals surface area contributed by atoms with Gasteiger partial charge in [-0.2, -0.15) is 0 Å².